The molecule has 0 fully saturated rings. The lowest BCUT2D eigenvalue weighted by molar-refractivity contribution is 0.144. The summed E-state index contributed by atoms with van der Waals surface area (Å²) in [5.74, 6) is 0.525. The molecule has 1 aromatic carbocycles. The van der Waals surface area contributed by atoms with Gasteiger partial charge in [0.15, 0.2) is 0 Å². The van der Waals surface area contributed by atoms with E-state index in [-0.39, 0.29) is 0 Å². The van der Waals surface area contributed by atoms with Crippen molar-refractivity contribution in [2.45, 2.75) is 78.1 Å². The van der Waals surface area contributed by atoms with Crippen molar-refractivity contribution < 1.29 is 14.6 Å². The third-order valence-electron chi connectivity index (χ3n) is 4.01. The number of carbonyl (C=O) groups is 1. The fourth-order valence-corrected chi connectivity index (χ4v) is 2.79. The minimum Gasteiger partial charge on any atom is -0.449 e. The molecule has 124 valence electrons. The van der Waals surface area contributed by atoms with E-state index >= 15 is 0 Å². The van der Waals surface area contributed by atoms with Gasteiger partial charge in [-0.1, -0.05) is 64.5 Å². The molecule has 0 amide bonds. The van der Waals surface area contributed by atoms with E-state index in [0.717, 1.165) is 31.2 Å². The van der Waals surface area contributed by atoms with E-state index < -0.39 is 6.16 Å². The van der Waals surface area contributed by atoms with Crippen LogP contribution in [0.3, 0.4) is 0 Å². The zero-order valence-electron chi connectivity index (χ0n) is 14.1. The molecule has 0 bridgehead atoms. The maximum absolute atomic E-state index is 10.9. The van der Waals surface area contributed by atoms with Gasteiger partial charge in [-0.2, -0.15) is 0 Å². The molecule has 1 rings (SSSR count). The summed E-state index contributed by atoms with van der Waals surface area (Å²) in [7, 11) is 0. The van der Waals surface area contributed by atoms with Crippen molar-refractivity contribution in [3.05, 3.63) is 29.3 Å². The van der Waals surface area contributed by atoms with Crippen LogP contribution < -0.4 is 4.74 Å². The van der Waals surface area contributed by atoms with Crippen molar-refractivity contribution in [1.29, 1.82) is 0 Å². The molecule has 0 aromatic heterocycles. The van der Waals surface area contributed by atoms with E-state index in [4.69, 9.17) is 9.84 Å². The molecular weight excluding hydrogens is 276 g/mol. The lowest BCUT2D eigenvalue weighted by Gasteiger charge is -2.14. The average Bonchev–Trinajstić information content (AvgIpc) is 2.49. The Morgan fingerprint density at radius 2 is 1.59 bits per heavy atom. The molecule has 0 spiro atoms. The van der Waals surface area contributed by atoms with Crippen molar-refractivity contribution in [2.24, 2.45) is 0 Å². The van der Waals surface area contributed by atoms with Crippen LogP contribution in [0.1, 0.15) is 76.3 Å². The zero-order chi connectivity index (χ0) is 16.2. The van der Waals surface area contributed by atoms with E-state index in [1.165, 1.54) is 44.1 Å². The molecule has 0 aliphatic carbocycles. The van der Waals surface area contributed by atoms with Gasteiger partial charge < -0.3 is 9.84 Å². The topological polar surface area (TPSA) is 46.5 Å². The van der Waals surface area contributed by atoms with Gasteiger partial charge >= 0.3 is 6.16 Å². The zero-order valence-corrected chi connectivity index (χ0v) is 14.1. The fourth-order valence-electron chi connectivity index (χ4n) is 2.79. The smallest absolute Gasteiger partial charge is 0.449 e. The molecule has 3 heteroatoms. The Hall–Kier alpha value is -1.51. The maximum Gasteiger partial charge on any atom is 0.511 e. The molecule has 0 radical (unpaired) electrons. The number of unbranched alkanes of at least 4 members (excludes halogenated alkanes) is 6. The van der Waals surface area contributed by atoms with Crippen LogP contribution in [0.2, 0.25) is 0 Å². The van der Waals surface area contributed by atoms with E-state index in [1.807, 2.05) is 6.07 Å². The number of aryl methyl sites for hydroxylation is 1. The largest absolute Gasteiger partial charge is 0.511 e. The highest BCUT2D eigenvalue weighted by Crippen LogP contribution is 2.26. The number of hydrogen-bond donors (Lipinski definition) is 1. The highest BCUT2D eigenvalue weighted by Gasteiger charge is 2.12. The van der Waals surface area contributed by atoms with Gasteiger partial charge in [0, 0.05) is 0 Å². The molecule has 0 heterocycles. The second kappa shape index (κ2) is 11.1. The fraction of sp³-hybridized carbons (Fsp3) is 0.632. The highest BCUT2D eigenvalue weighted by molar-refractivity contribution is 5.62. The first kappa shape index (κ1) is 18.5. The van der Waals surface area contributed by atoms with Crippen molar-refractivity contribution in [3.63, 3.8) is 0 Å². The lowest BCUT2D eigenvalue weighted by Crippen LogP contribution is -2.07. The second-order valence-electron chi connectivity index (χ2n) is 5.88. The quantitative estimate of drug-likeness (QED) is 0.310. The number of carboxylic acid groups (broad SMARTS) is 1. The van der Waals surface area contributed by atoms with E-state index in [9.17, 15) is 4.79 Å². The first-order chi connectivity index (χ1) is 10.7. The Morgan fingerprint density at radius 1 is 0.955 bits per heavy atom. The summed E-state index contributed by atoms with van der Waals surface area (Å²) >= 11 is 0. The summed E-state index contributed by atoms with van der Waals surface area (Å²) in [4.78, 5) is 10.9. The van der Waals surface area contributed by atoms with E-state index in [1.54, 1.807) is 6.07 Å². The number of hydrogen-bond acceptors (Lipinski definition) is 2. The van der Waals surface area contributed by atoms with Crippen molar-refractivity contribution >= 4 is 6.16 Å². The van der Waals surface area contributed by atoms with Gasteiger partial charge in [-0.3, -0.25) is 0 Å². The Bertz CT molecular complexity index is 440. The van der Waals surface area contributed by atoms with Gasteiger partial charge in [0.1, 0.15) is 5.75 Å². The number of rotatable bonds is 11. The Balaban J connectivity index is 2.75. The molecule has 0 aliphatic rings. The summed E-state index contributed by atoms with van der Waals surface area (Å²) in [6.45, 7) is 4.40. The molecule has 0 saturated carbocycles. The van der Waals surface area contributed by atoms with Crippen LogP contribution in [0.15, 0.2) is 18.2 Å². The Morgan fingerprint density at radius 3 is 2.18 bits per heavy atom. The van der Waals surface area contributed by atoms with Crippen molar-refractivity contribution in [2.75, 3.05) is 0 Å². The van der Waals surface area contributed by atoms with Gasteiger partial charge in [-0.05, 0) is 42.9 Å². The van der Waals surface area contributed by atoms with Gasteiger partial charge in [0.25, 0.3) is 0 Å². The molecule has 1 N–H and O–H groups in total. The lowest BCUT2D eigenvalue weighted by atomic mass is 9.96. The highest BCUT2D eigenvalue weighted by atomic mass is 16.7. The number of ether oxygens (including phenoxy) is 1. The summed E-state index contributed by atoms with van der Waals surface area (Å²) in [5, 5.41) is 8.92. The molecular formula is C19H30O3. The summed E-state index contributed by atoms with van der Waals surface area (Å²) in [6, 6.07) is 5.80. The van der Waals surface area contributed by atoms with Gasteiger partial charge in [0.05, 0.1) is 0 Å². The van der Waals surface area contributed by atoms with Gasteiger partial charge in [0.2, 0.25) is 0 Å². The van der Waals surface area contributed by atoms with Crippen LogP contribution in [-0.2, 0) is 12.8 Å². The third-order valence-corrected chi connectivity index (χ3v) is 4.01. The number of benzene rings is 1. The van der Waals surface area contributed by atoms with Gasteiger partial charge in [-0.15, -0.1) is 0 Å². The minimum absolute atomic E-state index is 0.525. The second-order valence-corrected chi connectivity index (χ2v) is 5.88. The first-order valence-electron chi connectivity index (χ1n) is 8.70. The average molecular weight is 306 g/mol. The Labute approximate surface area is 134 Å². The maximum atomic E-state index is 10.9. The van der Waals surface area contributed by atoms with Crippen molar-refractivity contribution in [3.8, 4) is 5.75 Å². The Kier molecular flexibility index (Phi) is 9.36. The van der Waals surface area contributed by atoms with Crippen molar-refractivity contribution in [1.82, 2.24) is 0 Å². The van der Waals surface area contributed by atoms with E-state index in [2.05, 4.69) is 19.9 Å². The molecule has 1 aromatic rings. The first-order valence-corrected chi connectivity index (χ1v) is 8.70. The predicted molar refractivity (Wildman–Crippen MR) is 90.8 cm³/mol. The molecule has 0 saturated heterocycles. The standard InChI is InChI=1S/C19H30O3/c1-3-5-7-9-12-16-13-11-15-18(22-19(20)21)17(16)14-10-8-6-4-2/h11,13,15H,3-10,12,14H2,1-2H3,(H,20,21). The van der Waals surface area contributed by atoms with E-state index in [0.29, 0.717) is 5.75 Å². The molecule has 22 heavy (non-hydrogen) atoms. The third kappa shape index (κ3) is 6.97. The summed E-state index contributed by atoms with van der Waals surface area (Å²) in [6.07, 6.45) is 10.3. The SMILES string of the molecule is CCCCCCc1cccc(OC(=O)O)c1CCCCCC. The normalized spacial score (nSPS) is 10.6. The van der Waals surface area contributed by atoms with Crippen LogP contribution in [-0.4, -0.2) is 11.3 Å². The minimum atomic E-state index is -1.22. The van der Waals surface area contributed by atoms with Crippen LogP contribution >= 0.6 is 0 Å². The molecule has 0 aliphatic heterocycles. The van der Waals surface area contributed by atoms with Crippen LogP contribution in [0.5, 0.6) is 5.75 Å². The van der Waals surface area contributed by atoms with Gasteiger partial charge in [-0.25, -0.2) is 4.79 Å². The molecule has 3 nitrogen and oxygen atoms in total. The predicted octanol–water partition coefficient (Wildman–Crippen LogP) is 5.99. The molecule has 0 unspecified atom stereocenters. The molecule has 0 atom stereocenters. The summed E-state index contributed by atoms with van der Waals surface area (Å²) in [5.41, 5.74) is 2.35. The van der Waals surface area contributed by atoms with Crippen LogP contribution in [0.25, 0.3) is 0 Å². The van der Waals surface area contributed by atoms with Crippen LogP contribution in [0, 0.1) is 0 Å². The van der Waals surface area contributed by atoms with Crippen LogP contribution in [0.4, 0.5) is 4.79 Å². The summed E-state index contributed by atoms with van der Waals surface area (Å²) < 4.78 is 4.99. The monoisotopic (exact) mass is 306 g/mol.